The van der Waals surface area contributed by atoms with Crippen molar-refractivity contribution in [1.29, 1.82) is 5.26 Å². The summed E-state index contributed by atoms with van der Waals surface area (Å²) >= 11 is 0. The number of hydrogen-bond donors (Lipinski definition) is 1. The summed E-state index contributed by atoms with van der Waals surface area (Å²) in [6, 6.07) is 10.0. The van der Waals surface area contributed by atoms with E-state index < -0.39 is 11.6 Å². The Bertz CT molecular complexity index is 1060. The van der Waals surface area contributed by atoms with Gasteiger partial charge in [0.15, 0.2) is 0 Å². The Morgan fingerprint density at radius 1 is 1.30 bits per heavy atom. The second kappa shape index (κ2) is 9.16. The van der Waals surface area contributed by atoms with Gasteiger partial charge in [0, 0.05) is 61.6 Å². The number of nitriles is 1. The lowest BCUT2D eigenvalue weighted by atomic mass is 10.0. The van der Waals surface area contributed by atoms with Crippen molar-refractivity contribution in [2.45, 2.75) is 57.9 Å². The van der Waals surface area contributed by atoms with Gasteiger partial charge in [-0.3, -0.25) is 14.8 Å². The van der Waals surface area contributed by atoms with E-state index in [9.17, 15) is 15.2 Å². The standard InChI is InChI=1S/C25H33N5O3/c1-17-13-29(22-8-7-18(12-26)23-21(22)6-5-10-27-23)16-20(33-17)15-28-11-9-19(14-28)30(24(31)32)25(2,3)4/h5-8,10,17,19-20H,9,11,13-16H2,1-4H3,(H,31,32)/t17-,19-,20+/m1/s1. The molecule has 2 aliphatic heterocycles. The molecule has 1 N–H and O–H groups in total. The van der Waals surface area contributed by atoms with E-state index in [1.807, 2.05) is 45.0 Å². The average Bonchev–Trinajstić information content (AvgIpc) is 3.18. The Morgan fingerprint density at radius 2 is 2.09 bits per heavy atom. The normalized spacial score (nSPS) is 24.1. The summed E-state index contributed by atoms with van der Waals surface area (Å²) in [4.78, 5) is 22.6. The van der Waals surface area contributed by atoms with E-state index in [1.54, 1.807) is 11.1 Å². The first kappa shape index (κ1) is 23.3. The first-order valence-electron chi connectivity index (χ1n) is 11.6. The monoisotopic (exact) mass is 451 g/mol. The summed E-state index contributed by atoms with van der Waals surface area (Å²) in [5.41, 5.74) is 1.95. The van der Waals surface area contributed by atoms with Crippen LogP contribution in [0.2, 0.25) is 0 Å². The molecule has 8 nitrogen and oxygen atoms in total. The lowest BCUT2D eigenvalue weighted by Gasteiger charge is -2.40. The van der Waals surface area contributed by atoms with E-state index in [-0.39, 0.29) is 18.2 Å². The Labute approximate surface area is 195 Å². The largest absolute Gasteiger partial charge is 0.465 e. The highest BCUT2D eigenvalue weighted by Gasteiger charge is 2.38. The van der Waals surface area contributed by atoms with Crippen LogP contribution in [-0.4, -0.2) is 82.5 Å². The Balaban J connectivity index is 1.48. The third-order valence-electron chi connectivity index (χ3n) is 6.54. The molecule has 3 heterocycles. The molecule has 0 spiro atoms. The molecule has 2 fully saturated rings. The van der Waals surface area contributed by atoms with Gasteiger partial charge >= 0.3 is 6.09 Å². The third-order valence-corrected chi connectivity index (χ3v) is 6.54. The quantitative estimate of drug-likeness (QED) is 0.760. The Hall–Kier alpha value is -2.89. The van der Waals surface area contributed by atoms with Gasteiger partial charge in [-0.1, -0.05) is 0 Å². The van der Waals surface area contributed by atoms with Crippen molar-refractivity contribution in [2.24, 2.45) is 0 Å². The lowest BCUT2D eigenvalue weighted by molar-refractivity contribution is -0.0303. The topological polar surface area (TPSA) is 92.9 Å². The fourth-order valence-corrected chi connectivity index (χ4v) is 5.33. The second-order valence-corrected chi connectivity index (χ2v) is 10.1. The number of rotatable bonds is 4. The number of carbonyl (C=O) groups is 1. The van der Waals surface area contributed by atoms with E-state index >= 15 is 0 Å². The van der Waals surface area contributed by atoms with Crippen molar-refractivity contribution in [2.75, 3.05) is 37.6 Å². The third kappa shape index (κ3) is 4.90. The predicted octanol–water partition coefficient (Wildman–Crippen LogP) is 3.55. The minimum Gasteiger partial charge on any atom is -0.465 e. The SMILES string of the molecule is C[C@@H]1CN(c2ccc(C#N)c3ncccc23)C[C@H](CN2CC[C@@H](N(C(=O)O)C(C)(C)C)C2)O1. The number of aromatic nitrogens is 1. The number of amides is 1. The number of nitrogens with zero attached hydrogens (tertiary/aromatic N) is 5. The number of fused-ring (bicyclic) bond motifs is 1. The van der Waals surface area contributed by atoms with Crippen LogP contribution in [0.1, 0.15) is 39.7 Å². The number of benzene rings is 1. The van der Waals surface area contributed by atoms with Crippen molar-refractivity contribution in [1.82, 2.24) is 14.8 Å². The average molecular weight is 452 g/mol. The highest BCUT2D eigenvalue weighted by Crippen LogP contribution is 2.31. The highest BCUT2D eigenvalue weighted by atomic mass is 16.5. The van der Waals surface area contributed by atoms with Gasteiger partial charge < -0.3 is 14.7 Å². The van der Waals surface area contributed by atoms with Gasteiger partial charge in [0.25, 0.3) is 0 Å². The predicted molar refractivity (Wildman–Crippen MR) is 127 cm³/mol. The summed E-state index contributed by atoms with van der Waals surface area (Å²) in [6.45, 7) is 11.8. The van der Waals surface area contributed by atoms with Gasteiger partial charge in [0.05, 0.1) is 23.3 Å². The molecule has 2 aromatic rings. The van der Waals surface area contributed by atoms with Crippen molar-refractivity contribution in [3.8, 4) is 6.07 Å². The van der Waals surface area contributed by atoms with Gasteiger partial charge in [-0.2, -0.15) is 5.26 Å². The van der Waals surface area contributed by atoms with Crippen molar-refractivity contribution in [3.63, 3.8) is 0 Å². The summed E-state index contributed by atoms with van der Waals surface area (Å²) in [5, 5.41) is 20.2. The maximum atomic E-state index is 11.9. The number of morpholine rings is 1. The molecule has 3 atom stereocenters. The van der Waals surface area contributed by atoms with E-state index in [0.29, 0.717) is 5.56 Å². The van der Waals surface area contributed by atoms with E-state index in [2.05, 4.69) is 27.8 Å². The molecule has 8 heteroatoms. The van der Waals surface area contributed by atoms with Gasteiger partial charge in [-0.15, -0.1) is 0 Å². The highest BCUT2D eigenvalue weighted by molar-refractivity contribution is 5.95. The maximum Gasteiger partial charge on any atom is 0.408 e. The molecule has 0 bridgehead atoms. The van der Waals surface area contributed by atoms with Crippen LogP contribution in [0.4, 0.5) is 10.5 Å². The van der Waals surface area contributed by atoms with Crippen LogP contribution in [0, 0.1) is 11.3 Å². The van der Waals surface area contributed by atoms with Crippen LogP contribution < -0.4 is 4.90 Å². The number of anilines is 1. The number of pyridine rings is 1. The van der Waals surface area contributed by atoms with Crippen LogP contribution in [-0.2, 0) is 4.74 Å². The molecule has 1 aromatic carbocycles. The van der Waals surface area contributed by atoms with E-state index in [4.69, 9.17) is 4.74 Å². The van der Waals surface area contributed by atoms with Crippen LogP contribution >= 0.6 is 0 Å². The number of ether oxygens (including phenoxy) is 1. The molecule has 1 amide bonds. The summed E-state index contributed by atoms with van der Waals surface area (Å²) in [7, 11) is 0. The van der Waals surface area contributed by atoms with Gasteiger partial charge in [-0.25, -0.2) is 4.79 Å². The molecule has 33 heavy (non-hydrogen) atoms. The first-order valence-corrected chi connectivity index (χ1v) is 11.6. The number of likely N-dealkylation sites (tertiary alicyclic amines) is 1. The summed E-state index contributed by atoms with van der Waals surface area (Å²) in [6.07, 6.45) is 1.78. The fourth-order valence-electron chi connectivity index (χ4n) is 5.33. The fraction of sp³-hybridized carbons (Fsp3) is 0.560. The molecule has 176 valence electrons. The lowest BCUT2D eigenvalue weighted by Crippen LogP contribution is -2.53. The molecule has 4 rings (SSSR count). The molecule has 2 saturated heterocycles. The smallest absolute Gasteiger partial charge is 0.408 e. The van der Waals surface area contributed by atoms with Crippen LogP contribution in [0.25, 0.3) is 10.9 Å². The molecular weight excluding hydrogens is 418 g/mol. The summed E-state index contributed by atoms with van der Waals surface area (Å²) < 4.78 is 6.29. The Kier molecular flexibility index (Phi) is 6.46. The maximum absolute atomic E-state index is 11.9. The van der Waals surface area contributed by atoms with Crippen molar-refractivity contribution in [3.05, 3.63) is 36.0 Å². The van der Waals surface area contributed by atoms with Crippen LogP contribution in [0.3, 0.4) is 0 Å². The number of carboxylic acid groups (broad SMARTS) is 1. The van der Waals surface area contributed by atoms with E-state index in [0.717, 1.165) is 55.7 Å². The van der Waals surface area contributed by atoms with Gasteiger partial charge in [-0.05, 0) is 58.4 Å². The Morgan fingerprint density at radius 3 is 2.79 bits per heavy atom. The molecule has 0 unspecified atom stereocenters. The molecule has 0 saturated carbocycles. The molecule has 0 aliphatic carbocycles. The zero-order valence-electron chi connectivity index (χ0n) is 19.9. The zero-order chi connectivity index (χ0) is 23.8. The van der Waals surface area contributed by atoms with Crippen LogP contribution in [0.5, 0.6) is 0 Å². The molecular formula is C25H33N5O3. The van der Waals surface area contributed by atoms with Crippen molar-refractivity contribution >= 4 is 22.7 Å². The zero-order valence-corrected chi connectivity index (χ0v) is 19.9. The van der Waals surface area contributed by atoms with Gasteiger partial charge in [0.2, 0.25) is 0 Å². The minimum absolute atomic E-state index is 0.00633. The van der Waals surface area contributed by atoms with Crippen LogP contribution in [0.15, 0.2) is 30.5 Å². The molecule has 1 aromatic heterocycles. The summed E-state index contributed by atoms with van der Waals surface area (Å²) in [5.74, 6) is 0. The molecule has 0 radical (unpaired) electrons. The number of hydrogen-bond acceptors (Lipinski definition) is 6. The second-order valence-electron chi connectivity index (χ2n) is 10.1. The van der Waals surface area contributed by atoms with Gasteiger partial charge in [0.1, 0.15) is 6.07 Å². The van der Waals surface area contributed by atoms with Crippen molar-refractivity contribution < 1.29 is 14.6 Å². The first-order chi connectivity index (χ1) is 15.7. The van der Waals surface area contributed by atoms with E-state index in [1.165, 1.54) is 0 Å². The molecule has 2 aliphatic rings. The minimum atomic E-state index is -0.857.